The van der Waals surface area contributed by atoms with Crippen LogP contribution in [-0.2, 0) is 6.42 Å². The Kier molecular flexibility index (Phi) is 3.70. The van der Waals surface area contributed by atoms with Crippen molar-refractivity contribution >= 4 is 0 Å². The average Bonchev–Trinajstić information content (AvgIpc) is 2.57. The summed E-state index contributed by atoms with van der Waals surface area (Å²) in [7, 11) is 0. The van der Waals surface area contributed by atoms with Crippen LogP contribution in [0.2, 0.25) is 0 Å². The zero-order valence-electron chi connectivity index (χ0n) is 11.4. The normalized spacial score (nSPS) is 10.0. The summed E-state index contributed by atoms with van der Waals surface area (Å²) >= 11 is 0. The molecule has 0 saturated carbocycles. The highest BCUT2D eigenvalue weighted by atomic mass is 14.7. The van der Waals surface area contributed by atoms with Crippen LogP contribution in [0.1, 0.15) is 16.7 Å². The number of rotatable bonds is 3. The van der Waals surface area contributed by atoms with E-state index in [-0.39, 0.29) is 0 Å². The zero-order chi connectivity index (χ0) is 14.5. The third-order valence-electron chi connectivity index (χ3n) is 3.32. The van der Waals surface area contributed by atoms with Crippen LogP contribution < -0.4 is 0 Å². The van der Waals surface area contributed by atoms with Crippen molar-refractivity contribution < 1.29 is 0 Å². The minimum atomic E-state index is 0.680. The van der Waals surface area contributed by atoms with Crippen LogP contribution >= 0.6 is 0 Å². The molecule has 3 nitrogen and oxygen atoms in total. The number of hydrogen-bond acceptors (Lipinski definition) is 3. The van der Waals surface area contributed by atoms with Crippen LogP contribution in [0.5, 0.6) is 0 Å². The molecule has 3 heteroatoms. The van der Waals surface area contributed by atoms with Crippen LogP contribution in [-0.4, -0.2) is 9.97 Å². The van der Waals surface area contributed by atoms with Crippen molar-refractivity contribution in [1.29, 1.82) is 5.26 Å². The molecule has 2 aromatic heterocycles. The van der Waals surface area contributed by atoms with E-state index in [9.17, 15) is 0 Å². The SMILES string of the molecule is N#Cc1ccc(Cc2cccnc2-c2ccncc2)cc1. The Morgan fingerprint density at radius 1 is 0.905 bits per heavy atom. The predicted octanol–water partition coefficient (Wildman–Crippen LogP) is 3.61. The molecule has 100 valence electrons. The van der Waals surface area contributed by atoms with Gasteiger partial charge in [-0.1, -0.05) is 18.2 Å². The summed E-state index contributed by atoms with van der Waals surface area (Å²) < 4.78 is 0. The van der Waals surface area contributed by atoms with Gasteiger partial charge in [0.05, 0.1) is 17.3 Å². The standard InChI is InChI=1S/C18H13N3/c19-13-15-5-3-14(4-6-15)12-17-2-1-9-21-18(17)16-7-10-20-11-8-16/h1-11H,12H2. The molecule has 3 rings (SSSR count). The van der Waals surface area contributed by atoms with E-state index >= 15 is 0 Å². The molecule has 0 amide bonds. The van der Waals surface area contributed by atoms with Gasteiger partial charge in [0.15, 0.2) is 0 Å². The first-order valence-corrected chi connectivity index (χ1v) is 6.70. The zero-order valence-corrected chi connectivity index (χ0v) is 11.4. The topological polar surface area (TPSA) is 49.6 Å². The predicted molar refractivity (Wildman–Crippen MR) is 81.4 cm³/mol. The fraction of sp³-hybridized carbons (Fsp3) is 0.0556. The fourth-order valence-corrected chi connectivity index (χ4v) is 2.27. The van der Waals surface area contributed by atoms with Gasteiger partial charge in [-0.2, -0.15) is 5.26 Å². The first-order chi connectivity index (χ1) is 10.4. The second kappa shape index (κ2) is 5.98. The van der Waals surface area contributed by atoms with Gasteiger partial charge in [0.25, 0.3) is 0 Å². The van der Waals surface area contributed by atoms with E-state index < -0.39 is 0 Å². The Balaban J connectivity index is 1.94. The van der Waals surface area contributed by atoms with Crippen LogP contribution in [0.3, 0.4) is 0 Å². The highest BCUT2D eigenvalue weighted by Gasteiger charge is 2.07. The van der Waals surface area contributed by atoms with Crippen molar-refractivity contribution in [2.45, 2.75) is 6.42 Å². The second-order valence-electron chi connectivity index (χ2n) is 4.73. The minimum Gasteiger partial charge on any atom is -0.265 e. The maximum atomic E-state index is 8.85. The quantitative estimate of drug-likeness (QED) is 0.731. The minimum absolute atomic E-state index is 0.680. The number of benzene rings is 1. The third kappa shape index (κ3) is 2.96. The van der Waals surface area contributed by atoms with Crippen LogP contribution in [0.25, 0.3) is 11.3 Å². The monoisotopic (exact) mass is 271 g/mol. The van der Waals surface area contributed by atoms with Crippen molar-refractivity contribution in [3.8, 4) is 17.3 Å². The van der Waals surface area contributed by atoms with Gasteiger partial charge in [0.2, 0.25) is 0 Å². The molecule has 2 heterocycles. The number of nitriles is 1. The van der Waals surface area contributed by atoms with E-state index in [1.54, 1.807) is 18.6 Å². The maximum Gasteiger partial charge on any atom is 0.0991 e. The molecular formula is C18H13N3. The van der Waals surface area contributed by atoms with Gasteiger partial charge in [-0.05, 0) is 47.9 Å². The highest BCUT2D eigenvalue weighted by Crippen LogP contribution is 2.22. The van der Waals surface area contributed by atoms with E-state index in [4.69, 9.17) is 5.26 Å². The van der Waals surface area contributed by atoms with E-state index in [0.29, 0.717) is 5.56 Å². The van der Waals surface area contributed by atoms with E-state index in [1.165, 1.54) is 0 Å². The Morgan fingerprint density at radius 2 is 1.67 bits per heavy atom. The molecule has 0 unspecified atom stereocenters. The lowest BCUT2D eigenvalue weighted by Crippen LogP contribution is -1.95. The highest BCUT2D eigenvalue weighted by molar-refractivity contribution is 5.62. The van der Waals surface area contributed by atoms with E-state index in [2.05, 4.69) is 22.1 Å². The molecule has 0 saturated heterocycles. The summed E-state index contributed by atoms with van der Waals surface area (Å²) in [5, 5.41) is 8.85. The van der Waals surface area contributed by atoms with Crippen molar-refractivity contribution in [1.82, 2.24) is 9.97 Å². The molecule has 0 N–H and O–H groups in total. The first kappa shape index (κ1) is 13.0. The van der Waals surface area contributed by atoms with Crippen molar-refractivity contribution in [2.75, 3.05) is 0 Å². The lowest BCUT2D eigenvalue weighted by Gasteiger charge is -2.08. The summed E-state index contributed by atoms with van der Waals surface area (Å²) in [5.74, 6) is 0. The van der Waals surface area contributed by atoms with Gasteiger partial charge < -0.3 is 0 Å². The molecular weight excluding hydrogens is 258 g/mol. The smallest absolute Gasteiger partial charge is 0.0991 e. The Labute approximate surface area is 123 Å². The first-order valence-electron chi connectivity index (χ1n) is 6.70. The van der Waals surface area contributed by atoms with Crippen LogP contribution in [0.15, 0.2) is 67.1 Å². The van der Waals surface area contributed by atoms with Crippen molar-refractivity contribution in [3.63, 3.8) is 0 Å². The summed E-state index contributed by atoms with van der Waals surface area (Å²) in [6, 6.07) is 17.8. The summed E-state index contributed by atoms with van der Waals surface area (Å²) in [6.45, 7) is 0. The van der Waals surface area contributed by atoms with E-state index in [1.807, 2.05) is 42.5 Å². The molecule has 0 radical (unpaired) electrons. The number of pyridine rings is 2. The number of nitrogens with zero attached hydrogens (tertiary/aromatic N) is 3. The molecule has 0 aliphatic rings. The number of aromatic nitrogens is 2. The maximum absolute atomic E-state index is 8.85. The Morgan fingerprint density at radius 3 is 2.38 bits per heavy atom. The lowest BCUT2D eigenvalue weighted by molar-refractivity contribution is 1.15. The van der Waals surface area contributed by atoms with Gasteiger partial charge in [-0.15, -0.1) is 0 Å². The van der Waals surface area contributed by atoms with Gasteiger partial charge in [0.1, 0.15) is 0 Å². The molecule has 0 atom stereocenters. The Hall–Kier alpha value is -2.99. The van der Waals surface area contributed by atoms with Gasteiger partial charge in [-0.3, -0.25) is 9.97 Å². The summed E-state index contributed by atoms with van der Waals surface area (Å²) in [5.41, 5.74) is 5.04. The lowest BCUT2D eigenvalue weighted by atomic mass is 9.99. The molecule has 21 heavy (non-hydrogen) atoms. The summed E-state index contributed by atoms with van der Waals surface area (Å²) in [6.07, 6.45) is 6.14. The molecule has 0 spiro atoms. The molecule has 1 aromatic carbocycles. The average molecular weight is 271 g/mol. The Bertz CT molecular complexity index is 772. The van der Waals surface area contributed by atoms with Crippen molar-refractivity contribution in [3.05, 3.63) is 83.8 Å². The molecule has 0 fully saturated rings. The molecule has 0 bridgehead atoms. The van der Waals surface area contributed by atoms with Gasteiger partial charge in [0, 0.05) is 24.2 Å². The van der Waals surface area contributed by atoms with Crippen molar-refractivity contribution in [2.24, 2.45) is 0 Å². The fourth-order valence-electron chi connectivity index (χ4n) is 2.27. The van der Waals surface area contributed by atoms with Gasteiger partial charge in [-0.25, -0.2) is 0 Å². The van der Waals surface area contributed by atoms with Gasteiger partial charge >= 0.3 is 0 Å². The summed E-state index contributed by atoms with van der Waals surface area (Å²) in [4.78, 5) is 8.54. The molecule has 0 aliphatic carbocycles. The molecule has 0 aliphatic heterocycles. The molecule has 3 aromatic rings. The second-order valence-corrected chi connectivity index (χ2v) is 4.73. The van der Waals surface area contributed by atoms with Crippen LogP contribution in [0, 0.1) is 11.3 Å². The number of hydrogen-bond donors (Lipinski definition) is 0. The van der Waals surface area contributed by atoms with Crippen LogP contribution in [0.4, 0.5) is 0 Å². The third-order valence-corrected chi connectivity index (χ3v) is 3.32. The largest absolute Gasteiger partial charge is 0.265 e. The van der Waals surface area contributed by atoms with E-state index in [0.717, 1.165) is 28.8 Å².